The van der Waals surface area contributed by atoms with Gasteiger partial charge in [0.2, 0.25) is 11.7 Å². The van der Waals surface area contributed by atoms with E-state index >= 15 is 0 Å². The summed E-state index contributed by atoms with van der Waals surface area (Å²) in [5.41, 5.74) is 10.3. The summed E-state index contributed by atoms with van der Waals surface area (Å²) in [6.07, 6.45) is -2.15. The lowest BCUT2D eigenvalue weighted by atomic mass is 9.96. The number of nitrogen functional groups attached to an aromatic ring is 2. The van der Waals surface area contributed by atoms with Crippen molar-refractivity contribution in [2.24, 2.45) is 4.74 Å². The number of aliphatic hydroxyl groups is 2. The monoisotopic (exact) mass is 549 g/mol. The van der Waals surface area contributed by atoms with Gasteiger partial charge < -0.3 is 40.8 Å². The number of imidazole rings is 1. The third-order valence-corrected chi connectivity index (χ3v) is 6.68. The van der Waals surface area contributed by atoms with Crippen molar-refractivity contribution in [2.45, 2.75) is 50.8 Å². The molecule has 1 unspecified atom stereocenters. The van der Waals surface area contributed by atoms with Crippen LogP contribution in [-0.4, -0.2) is 72.8 Å². The molecule has 2 aromatic heterocycles. The van der Waals surface area contributed by atoms with Gasteiger partial charge in [-0.3, -0.25) is 9.09 Å². The maximum Gasteiger partial charge on any atom is 0.395 e. The minimum Gasteiger partial charge on any atom is -0.575 e. The van der Waals surface area contributed by atoms with Crippen LogP contribution in [0.4, 0.5) is 11.8 Å². The van der Waals surface area contributed by atoms with E-state index < -0.39 is 44.2 Å². The highest BCUT2D eigenvalue weighted by atomic mass is 31.1. The number of carbonyl (C=O) groups is 1. The van der Waals surface area contributed by atoms with Crippen molar-refractivity contribution < 1.29 is 38.6 Å². The summed E-state index contributed by atoms with van der Waals surface area (Å²) in [5.74, 6) is -0.390. The molecule has 204 valence electrons. The highest BCUT2D eigenvalue weighted by molar-refractivity contribution is 7.34. The number of benzene rings is 1. The Labute approximate surface area is 218 Å². The quantitative estimate of drug-likeness (QED) is 0.208. The van der Waals surface area contributed by atoms with Gasteiger partial charge in [-0.05, 0) is 32.9 Å². The van der Waals surface area contributed by atoms with Crippen LogP contribution in [0.2, 0.25) is 0 Å². The molecule has 3 heterocycles. The Balaban J connectivity index is 1.49. The maximum absolute atomic E-state index is 12.4. The van der Waals surface area contributed by atoms with Gasteiger partial charge in [-0.1, -0.05) is 16.9 Å². The van der Waals surface area contributed by atoms with Crippen molar-refractivity contribution in [3.63, 3.8) is 0 Å². The first kappa shape index (κ1) is 27.4. The predicted octanol–water partition coefficient (Wildman–Crippen LogP) is 0.265. The van der Waals surface area contributed by atoms with Crippen LogP contribution < -0.4 is 25.6 Å². The van der Waals surface area contributed by atoms with Crippen molar-refractivity contribution in [2.75, 3.05) is 24.7 Å². The first-order valence-electron chi connectivity index (χ1n) is 11.6. The van der Waals surface area contributed by atoms with Crippen LogP contribution in [0.25, 0.3) is 11.2 Å². The molecule has 6 N–H and O–H groups in total. The van der Waals surface area contributed by atoms with Gasteiger partial charge in [-0.15, -0.1) is 0 Å². The minimum absolute atomic E-state index is 0.0580. The van der Waals surface area contributed by atoms with Crippen molar-refractivity contribution in [1.82, 2.24) is 19.5 Å². The van der Waals surface area contributed by atoms with Crippen LogP contribution in [0.1, 0.15) is 27.0 Å². The molecule has 0 bridgehead atoms. The number of carbonyl (C=O) groups excluding carboxylic acids is 1. The number of anilines is 2. The molecular formula is C22H28N7O8P. The Morgan fingerprint density at radius 1 is 1.34 bits per heavy atom. The lowest BCUT2D eigenvalue weighted by Gasteiger charge is -2.27. The molecule has 16 heteroatoms. The molecular weight excluding hydrogens is 521 g/mol. The Kier molecular flexibility index (Phi) is 7.94. The molecule has 1 aromatic carbocycles. The number of esters is 1. The van der Waals surface area contributed by atoms with E-state index in [0.717, 1.165) is 0 Å². The van der Waals surface area contributed by atoms with E-state index in [1.165, 1.54) is 30.8 Å². The topological polar surface area (TPSA) is 226 Å². The number of hydrogen-bond acceptors (Lipinski definition) is 14. The smallest absolute Gasteiger partial charge is 0.395 e. The summed E-state index contributed by atoms with van der Waals surface area (Å²) in [4.78, 5) is 36.3. The van der Waals surface area contributed by atoms with Crippen LogP contribution in [0.3, 0.4) is 0 Å². The zero-order valence-corrected chi connectivity index (χ0v) is 21.7. The summed E-state index contributed by atoms with van der Waals surface area (Å²) in [5, 5.41) is 21.9. The zero-order chi connectivity index (χ0) is 27.6. The fraction of sp³-hybridized carbons (Fsp3) is 0.455. The molecule has 1 aliphatic rings. The van der Waals surface area contributed by atoms with Crippen LogP contribution in [0.15, 0.2) is 35.3 Å². The van der Waals surface area contributed by atoms with E-state index in [2.05, 4.69) is 19.7 Å². The Hall–Kier alpha value is -3.62. The fourth-order valence-electron chi connectivity index (χ4n) is 3.88. The highest BCUT2D eigenvalue weighted by Gasteiger charge is 2.53. The molecule has 0 spiro atoms. The predicted molar refractivity (Wildman–Crippen MR) is 133 cm³/mol. The standard InChI is InChI=1S/C22H28N7O8P/c1-4-34-19(31)11(2)28-38(33)37-13-8-6-5-7-12(13)35-9-14-16(30)22(3,32)20(36-14)29-10-25-15-17(23)26-21(24)27-18(15)29/h5-8,10-11,14,16,20,30,32H,4,9H2,1-3H3,(H4,23,24,26,27)/t11-,14-,16+,20+,22+/m0/s1. The van der Waals surface area contributed by atoms with Gasteiger partial charge in [0.15, 0.2) is 29.5 Å². The van der Waals surface area contributed by atoms with Crippen molar-refractivity contribution in [3.05, 3.63) is 30.6 Å². The van der Waals surface area contributed by atoms with E-state index in [-0.39, 0.29) is 47.6 Å². The number of nitrogens with two attached hydrogens (primary N) is 2. The second kappa shape index (κ2) is 11.0. The van der Waals surface area contributed by atoms with E-state index in [4.69, 9.17) is 30.2 Å². The van der Waals surface area contributed by atoms with E-state index in [1.807, 2.05) is 0 Å². The minimum atomic E-state index is -2.62. The Morgan fingerprint density at radius 2 is 2.05 bits per heavy atom. The molecule has 1 saturated heterocycles. The number of rotatable bonds is 9. The van der Waals surface area contributed by atoms with E-state index in [9.17, 15) is 19.9 Å². The molecule has 1 fully saturated rings. The molecule has 0 aliphatic carbocycles. The summed E-state index contributed by atoms with van der Waals surface area (Å²) in [6.45, 7) is 4.45. The molecule has 4 rings (SSSR count). The number of fused-ring (bicyclic) bond motifs is 1. The summed E-state index contributed by atoms with van der Waals surface area (Å²) >= 11 is 0. The van der Waals surface area contributed by atoms with Crippen molar-refractivity contribution in [3.8, 4) is 11.5 Å². The van der Waals surface area contributed by atoms with Gasteiger partial charge >= 0.3 is 14.1 Å². The number of ether oxygens (including phenoxy) is 3. The van der Waals surface area contributed by atoms with Gasteiger partial charge in [0.25, 0.3) is 0 Å². The lowest BCUT2D eigenvalue weighted by Crippen LogP contribution is -2.44. The molecule has 6 atom stereocenters. The van der Waals surface area contributed by atoms with E-state index in [1.54, 1.807) is 25.1 Å². The summed E-state index contributed by atoms with van der Waals surface area (Å²) < 4.78 is 27.2. The van der Waals surface area contributed by atoms with Crippen LogP contribution in [0.5, 0.6) is 11.5 Å². The number of nitrogens with zero attached hydrogens (tertiary/aromatic N) is 5. The second-order valence-electron chi connectivity index (χ2n) is 8.62. The third kappa shape index (κ3) is 5.47. The average molecular weight is 549 g/mol. The Bertz CT molecular complexity index is 1350. The van der Waals surface area contributed by atoms with Crippen molar-refractivity contribution >= 4 is 37.1 Å². The SMILES string of the molecule is CCOC(=O)[C@H](C)N=[P+]([O-])Oc1ccccc1OC[C@@H]1O[C@@H](n2cnc3c(N)nc(N)nc32)[C@](C)(O)[C@@H]1O. The first-order chi connectivity index (χ1) is 18.0. The normalized spacial score (nSPS) is 24.4. The lowest BCUT2D eigenvalue weighted by molar-refractivity contribution is -0.169. The van der Waals surface area contributed by atoms with Gasteiger partial charge in [0, 0.05) is 0 Å². The summed E-state index contributed by atoms with van der Waals surface area (Å²) in [6, 6.07) is 5.36. The molecule has 0 radical (unpaired) electrons. The fourth-order valence-corrected chi connectivity index (χ4v) is 4.62. The molecule has 15 nitrogen and oxygen atoms in total. The first-order valence-corrected chi connectivity index (χ1v) is 12.7. The second-order valence-corrected chi connectivity index (χ2v) is 9.51. The number of aliphatic hydroxyl groups excluding tert-OH is 1. The Morgan fingerprint density at radius 3 is 2.76 bits per heavy atom. The molecule has 0 saturated carbocycles. The van der Waals surface area contributed by atoms with Gasteiger partial charge in [-0.25, -0.2) is 9.78 Å². The third-order valence-electron chi connectivity index (χ3n) is 5.80. The zero-order valence-electron chi connectivity index (χ0n) is 20.8. The molecule has 38 heavy (non-hydrogen) atoms. The van der Waals surface area contributed by atoms with E-state index in [0.29, 0.717) is 0 Å². The maximum atomic E-state index is 12.4. The van der Waals surface area contributed by atoms with Gasteiger partial charge in [-0.2, -0.15) is 9.97 Å². The number of para-hydroxylation sites is 2. The highest BCUT2D eigenvalue weighted by Crippen LogP contribution is 2.41. The van der Waals surface area contributed by atoms with Crippen LogP contribution in [0, 0.1) is 0 Å². The number of aromatic nitrogens is 4. The van der Waals surface area contributed by atoms with Gasteiger partial charge in [0.1, 0.15) is 29.9 Å². The molecule has 3 aromatic rings. The summed E-state index contributed by atoms with van der Waals surface area (Å²) in [7, 11) is -2.62. The van der Waals surface area contributed by atoms with Crippen LogP contribution in [-0.2, 0) is 14.3 Å². The molecule has 0 amide bonds. The van der Waals surface area contributed by atoms with Crippen LogP contribution >= 0.6 is 8.17 Å². The van der Waals surface area contributed by atoms with Gasteiger partial charge in [0.05, 0.1) is 12.9 Å². The number of hydrogen-bond donors (Lipinski definition) is 4. The average Bonchev–Trinajstić information content (AvgIpc) is 3.37. The van der Waals surface area contributed by atoms with Crippen molar-refractivity contribution in [1.29, 1.82) is 0 Å². The molecule has 1 aliphatic heterocycles. The largest absolute Gasteiger partial charge is 0.575 e.